The number of rotatable bonds is 4. The molecule has 0 saturated carbocycles. The number of aryl methyl sites for hydroxylation is 1. The van der Waals surface area contributed by atoms with Crippen molar-refractivity contribution in [2.75, 3.05) is 5.32 Å². The van der Waals surface area contributed by atoms with Gasteiger partial charge in [-0.05, 0) is 30.3 Å². The van der Waals surface area contributed by atoms with Crippen molar-refractivity contribution in [2.24, 2.45) is 0 Å². The summed E-state index contributed by atoms with van der Waals surface area (Å²) in [6.45, 7) is 2.81. The van der Waals surface area contributed by atoms with Gasteiger partial charge in [-0.2, -0.15) is 5.26 Å². The molecule has 0 fully saturated rings. The van der Waals surface area contributed by atoms with Crippen molar-refractivity contribution in [1.82, 2.24) is 0 Å². The third-order valence-electron chi connectivity index (χ3n) is 3.59. The van der Waals surface area contributed by atoms with E-state index in [1.807, 2.05) is 42.5 Å². The number of hydrogen-bond donors (Lipinski definition) is 1. The van der Waals surface area contributed by atoms with E-state index in [1.54, 1.807) is 0 Å². The third kappa shape index (κ3) is 2.61. The van der Waals surface area contributed by atoms with Crippen LogP contribution in [0.25, 0.3) is 11.0 Å². The maximum Gasteiger partial charge on any atom is 0.134 e. The monoisotopic (exact) mass is 276 g/mol. The number of benzene rings is 2. The van der Waals surface area contributed by atoms with E-state index in [9.17, 15) is 0 Å². The van der Waals surface area contributed by atoms with Gasteiger partial charge in [-0.15, -0.1) is 0 Å². The topological polar surface area (TPSA) is 49.0 Å². The first-order chi connectivity index (χ1) is 10.3. The number of hydrogen-bond acceptors (Lipinski definition) is 3. The molecule has 0 bridgehead atoms. The Bertz CT molecular complexity index is 794. The third-order valence-corrected chi connectivity index (χ3v) is 3.59. The first kappa shape index (κ1) is 13.3. The molecular weight excluding hydrogens is 260 g/mol. The Labute approximate surface area is 123 Å². The van der Waals surface area contributed by atoms with E-state index in [-0.39, 0.29) is 0 Å². The SMILES string of the molecule is CCc1oc2ccccc2c1CNc1ccc(C#N)cc1. The fourth-order valence-corrected chi connectivity index (χ4v) is 2.48. The van der Waals surface area contributed by atoms with Crippen LogP contribution < -0.4 is 5.32 Å². The van der Waals surface area contributed by atoms with Gasteiger partial charge in [-0.1, -0.05) is 25.1 Å². The summed E-state index contributed by atoms with van der Waals surface area (Å²) in [7, 11) is 0. The van der Waals surface area contributed by atoms with E-state index < -0.39 is 0 Å². The first-order valence-corrected chi connectivity index (χ1v) is 7.05. The average molecular weight is 276 g/mol. The standard InChI is InChI=1S/C18H16N2O/c1-2-17-16(15-5-3-4-6-18(15)21-17)12-20-14-9-7-13(11-19)8-10-14/h3-10,20H,2,12H2,1H3. The fraction of sp³-hybridized carbons (Fsp3) is 0.167. The molecule has 2 aromatic carbocycles. The molecule has 0 unspecified atom stereocenters. The first-order valence-electron chi connectivity index (χ1n) is 7.05. The number of furan rings is 1. The van der Waals surface area contributed by atoms with Crippen LogP contribution in [0.4, 0.5) is 5.69 Å². The molecule has 1 N–H and O–H groups in total. The molecule has 1 aromatic heterocycles. The highest BCUT2D eigenvalue weighted by Gasteiger charge is 2.11. The molecule has 3 heteroatoms. The van der Waals surface area contributed by atoms with Crippen molar-refractivity contribution in [1.29, 1.82) is 5.26 Å². The Morgan fingerprint density at radius 3 is 2.57 bits per heavy atom. The van der Waals surface area contributed by atoms with Crippen molar-refractivity contribution in [2.45, 2.75) is 19.9 Å². The van der Waals surface area contributed by atoms with Crippen molar-refractivity contribution in [3.63, 3.8) is 0 Å². The normalized spacial score (nSPS) is 10.5. The fourth-order valence-electron chi connectivity index (χ4n) is 2.48. The highest BCUT2D eigenvalue weighted by molar-refractivity contribution is 5.82. The minimum absolute atomic E-state index is 0.670. The molecule has 1 heterocycles. The number of nitriles is 1. The van der Waals surface area contributed by atoms with Crippen LogP contribution in [0, 0.1) is 11.3 Å². The van der Waals surface area contributed by atoms with Gasteiger partial charge in [0, 0.05) is 29.6 Å². The van der Waals surface area contributed by atoms with Crippen molar-refractivity contribution < 1.29 is 4.42 Å². The van der Waals surface area contributed by atoms with Gasteiger partial charge in [0.2, 0.25) is 0 Å². The van der Waals surface area contributed by atoms with Gasteiger partial charge in [0.1, 0.15) is 11.3 Å². The summed E-state index contributed by atoms with van der Waals surface area (Å²) < 4.78 is 5.89. The molecule has 3 aromatic rings. The molecule has 3 rings (SSSR count). The molecule has 0 aliphatic carbocycles. The van der Waals surface area contributed by atoms with E-state index in [2.05, 4.69) is 24.4 Å². The van der Waals surface area contributed by atoms with Crippen molar-refractivity contribution in [3.8, 4) is 6.07 Å². The van der Waals surface area contributed by atoms with E-state index in [4.69, 9.17) is 9.68 Å². The van der Waals surface area contributed by atoms with Gasteiger partial charge in [0.05, 0.1) is 11.6 Å². The quantitative estimate of drug-likeness (QED) is 0.764. The lowest BCUT2D eigenvalue weighted by Gasteiger charge is -2.06. The van der Waals surface area contributed by atoms with Gasteiger partial charge in [0.15, 0.2) is 0 Å². The molecule has 0 atom stereocenters. The zero-order valence-corrected chi connectivity index (χ0v) is 11.9. The van der Waals surface area contributed by atoms with Gasteiger partial charge in [-0.25, -0.2) is 0 Å². The minimum atomic E-state index is 0.670. The van der Waals surface area contributed by atoms with Gasteiger partial charge < -0.3 is 9.73 Å². The van der Waals surface area contributed by atoms with Gasteiger partial charge in [-0.3, -0.25) is 0 Å². The zero-order valence-electron chi connectivity index (χ0n) is 11.9. The lowest BCUT2D eigenvalue weighted by Crippen LogP contribution is -2.01. The molecule has 0 saturated heterocycles. The van der Waals surface area contributed by atoms with E-state index in [0.29, 0.717) is 12.1 Å². The largest absolute Gasteiger partial charge is 0.461 e. The van der Waals surface area contributed by atoms with Crippen LogP contribution >= 0.6 is 0 Å². The predicted molar refractivity (Wildman–Crippen MR) is 84.1 cm³/mol. The Kier molecular flexibility index (Phi) is 3.61. The number of nitrogens with one attached hydrogen (secondary N) is 1. The highest BCUT2D eigenvalue weighted by atomic mass is 16.3. The number of para-hydroxylation sites is 1. The van der Waals surface area contributed by atoms with Crippen LogP contribution in [0.5, 0.6) is 0 Å². The summed E-state index contributed by atoms with van der Waals surface area (Å²) in [6.07, 6.45) is 0.874. The summed E-state index contributed by atoms with van der Waals surface area (Å²) >= 11 is 0. The Morgan fingerprint density at radius 1 is 1.10 bits per heavy atom. The molecule has 21 heavy (non-hydrogen) atoms. The molecule has 0 aliphatic rings. The molecule has 0 aliphatic heterocycles. The van der Waals surface area contributed by atoms with E-state index >= 15 is 0 Å². The molecule has 104 valence electrons. The molecule has 3 nitrogen and oxygen atoms in total. The van der Waals surface area contributed by atoms with E-state index in [0.717, 1.165) is 28.8 Å². The van der Waals surface area contributed by atoms with Gasteiger partial charge >= 0.3 is 0 Å². The Balaban J connectivity index is 1.85. The summed E-state index contributed by atoms with van der Waals surface area (Å²) in [5.74, 6) is 1.03. The molecule has 0 spiro atoms. The highest BCUT2D eigenvalue weighted by Crippen LogP contribution is 2.27. The maximum absolute atomic E-state index is 8.81. The number of anilines is 1. The Morgan fingerprint density at radius 2 is 1.86 bits per heavy atom. The van der Waals surface area contributed by atoms with Crippen LogP contribution in [-0.2, 0) is 13.0 Å². The van der Waals surface area contributed by atoms with Crippen LogP contribution in [0.2, 0.25) is 0 Å². The van der Waals surface area contributed by atoms with Crippen LogP contribution in [0.3, 0.4) is 0 Å². The maximum atomic E-state index is 8.81. The second-order valence-electron chi connectivity index (χ2n) is 4.90. The summed E-state index contributed by atoms with van der Waals surface area (Å²) in [5.41, 5.74) is 3.81. The molecule has 0 amide bonds. The average Bonchev–Trinajstić information content (AvgIpc) is 2.91. The number of nitrogens with zero attached hydrogens (tertiary/aromatic N) is 1. The molecular formula is C18H16N2O. The summed E-state index contributed by atoms with van der Waals surface area (Å²) in [6, 6.07) is 17.7. The lowest BCUT2D eigenvalue weighted by atomic mass is 10.1. The zero-order chi connectivity index (χ0) is 14.7. The van der Waals surface area contributed by atoms with Crippen LogP contribution in [0.15, 0.2) is 52.9 Å². The molecule has 0 radical (unpaired) electrons. The van der Waals surface area contributed by atoms with Gasteiger partial charge in [0.25, 0.3) is 0 Å². The van der Waals surface area contributed by atoms with E-state index in [1.165, 1.54) is 5.56 Å². The number of fused-ring (bicyclic) bond motifs is 1. The second kappa shape index (κ2) is 5.72. The van der Waals surface area contributed by atoms with Crippen LogP contribution in [0.1, 0.15) is 23.8 Å². The predicted octanol–water partition coefficient (Wildman–Crippen LogP) is 4.48. The second-order valence-corrected chi connectivity index (χ2v) is 4.90. The Hall–Kier alpha value is -2.73. The smallest absolute Gasteiger partial charge is 0.134 e. The summed E-state index contributed by atoms with van der Waals surface area (Å²) in [5, 5.41) is 13.4. The van der Waals surface area contributed by atoms with Crippen molar-refractivity contribution in [3.05, 3.63) is 65.4 Å². The van der Waals surface area contributed by atoms with Crippen molar-refractivity contribution >= 4 is 16.7 Å². The summed E-state index contributed by atoms with van der Waals surface area (Å²) in [4.78, 5) is 0. The minimum Gasteiger partial charge on any atom is -0.461 e. The van der Waals surface area contributed by atoms with Crippen LogP contribution in [-0.4, -0.2) is 0 Å². The lowest BCUT2D eigenvalue weighted by molar-refractivity contribution is 0.551.